The van der Waals surface area contributed by atoms with Crippen molar-refractivity contribution >= 4 is 11.9 Å². The average Bonchev–Trinajstić information content (AvgIpc) is 3.11. The third kappa shape index (κ3) is 6.50. The number of imide groups is 1. The van der Waals surface area contributed by atoms with Crippen molar-refractivity contribution in [2.45, 2.75) is 70.1 Å². The summed E-state index contributed by atoms with van der Waals surface area (Å²) in [6.45, 7) is 6.75. The number of nitrogens with zero attached hydrogens (tertiary/aromatic N) is 1. The number of aliphatic hydroxyl groups is 1. The van der Waals surface area contributed by atoms with E-state index in [4.69, 9.17) is 9.47 Å². The van der Waals surface area contributed by atoms with Crippen LogP contribution in [-0.4, -0.2) is 53.6 Å². The fourth-order valence-corrected chi connectivity index (χ4v) is 4.48. The minimum atomic E-state index is -6.00. The molecule has 0 saturated carbocycles. The molecule has 0 spiro atoms. The summed E-state index contributed by atoms with van der Waals surface area (Å²) in [4.78, 5) is 26.7. The second-order valence-electron chi connectivity index (χ2n) is 10.2. The number of aryl methyl sites for hydroxylation is 1. The molecule has 0 aromatic heterocycles. The first kappa shape index (κ1) is 32.8. The van der Waals surface area contributed by atoms with Crippen molar-refractivity contribution in [2.75, 3.05) is 13.2 Å². The molecule has 13 heteroatoms. The molecule has 0 radical (unpaired) electrons. The maximum absolute atomic E-state index is 13.3. The number of hydrogen-bond acceptors (Lipinski definition) is 5. The Morgan fingerprint density at radius 1 is 1.00 bits per heavy atom. The first-order valence-corrected chi connectivity index (χ1v) is 13.1. The minimum Gasteiger partial charge on any atom is -0.491 e. The van der Waals surface area contributed by atoms with Gasteiger partial charge in [-0.05, 0) is 68.7 Å². The van der Waals surface area contributed by atoms with E-state index in [0.717, 1.165) is 11.0 Å². The number of rotatable bonds is 11. The minimum absolute atomic E-state index is 0.0319. The molecule has 1 aliphatic heterocycles. The van der Waals surface area contributed by atoms with Crippen LogP contribution in [0.1, 0.15) is 50.8 Å². The number of amides is 3. The van der Waals surface area contributed by atoms with Crippen molar-refractivity contribution in [3.63, 3.8) is 0 Å². The first-order chi connectivity index (χ1) is 19.5. The van der Waals surface area contributed by atoms with Crippen molar-refractivity contribution in [1.82, 2.24) is 10.2 Å². The maximum Gasteiger partial charge on any atom is 0.430 e. The van der Waals surface area contributed by atoms with Gasteiger partial charge in [0.2, 0.25) is 0 Å². The van der Waals surface area contributed by atoms with E-state index in [9.17, 15) is 41.0 Å². The Kier molecular flexibility index (Phi) is 9.55. The average molecular weight is 603 g/mol. The van der Waals surface area contributed by atoms with Crippen LogP contribution >= 0.6 is 0 Å². The molecule has 3 amide bonds. The molecular weight excluding hydrogens is 570 g/mol. The Hall–Kier alpha value is -3.74. The molecule has 2 N–H and O–H groups in total. The van der Waals surface area contributed by atoms with Gasteiger partial charge in [0.25, 0.3) is 11.5 Å². The molecule has 7 nitrogen and oxygen atoms in total. The normalized spacial score (nSPS) is 18.2. The fraction of sp³-hybridized carbons (Fsp3) is 0.448. The SMILES string of the molecule is CCCc1cc(C(O)(C(F)(F)F)C(F)(F)F)ccc1OC/C=C\CN1C(=O)NC(C)(c2ccc(OC(C)C)cc2)C1=O. The lowest BCUT2D eigenvalue weighted by molar-refractivity contribution is -0.376. The molecule has 2 aromatic rings. The van der Waals surface area contributed by atoms with Gasteiger partial charge < -0.3 is 19.9 Å². The Labute approximate surface area is 239 Å². The van der Waals surface area contributed by atoms with Crippen LogP contribution in [0.4, 0.5) is 31.1 Å². The number of carbonyl (C=O) groups excluding carboxylic acids is 2. The van der Waals surface area contributed by atoms with E-state index >= 15 is 0 Å². The molecule has 3 rings (SSSR count). The summed E-state index contributed by atoms with van der Waals surface area (Å²) in [6, 6.07) is 8.26. The number of ether oxygens (including phenoxy) is 2. The molecule has 1 atom stereocenters. The molecule has 0 bridgehead atoms. The second kappa shape index (κ2) is 12.2. The highest BCUT2D eigenvalue weighted by Crippen LogP contribution is 2.50. The monoisotopic (exact) mass is 602 g/mol. The molecule has 2 aromatic carbocycles. The van der Waals surface area contributed by atoms with Gasteiger partial charge in [0, 0.05) is 12.1 Å². The molecule has 1 unspecified atom stereocenters. The maximum atomic E-state index is 13.3. The van der Waals surface area contributed by atoms with Gasteiger partial charge in [-0.25, -0.2) is 4.79 Å². The van der Waals surface area contributed by atoms with Crippen molar-refractivity contribution in [1.29, 1.82) is 0 Å². The van der Waals surface area contributed by atoms with Crippen LogP contribution in [0.2, 0.25) is 0 Å². The third-order valence-electron chi connectivity index (χ3n) is 6.69. The van der Waals surface area contributed by atoms with Gasteiger partial charge in [-0.3, -0.25) is 9.69 Å². The summed E-state index contributed by atoms with van der Waals surface area (Å²) in [7, 11) is 0. The highest BCUT2D eigenvalue weighted by molar-refractivity contribution is 6.07. The molecule has 1 heterocycles. The van der Waals surface area contributed by atoms with Crippen LogP contribution in [0, 0.1) is 0 Å². The van der Waals surface area contributed by atoms with Crippen LogP contribution < -0.4 is 14.8 Å². The molecule has 1 saturated heterocycles. The van der Waals surface area contributed by atoms with E-state index in [2.05, 4.69) is 5.32 Å². The molecular formula is C29H32F6N2O5. The zero-order chi connectivity index (χ0) is 31.5. The summed E-state index contributed by atoms with van der Waals surface area (Å²) in [5.41, 5.74) is -7.10. The van der Waals surface area contributed by atoms with Crippen molar-refractivity contribution in [3.05, 3.63) is 71.3 Å². The number of alkyl halides is 6. The van der Waals surface area contributed by atoms with Gasteiger partial charge in [-0.1, -0.05) is 37.6 Å². The lowest BCUT2D eigenvalue weighted by atomic mass is 9.90. The zero-order valence-electron chi connectivity index (χ0n) is 23.4. The standard InChI is InChI=1S/C29H32F6N2O5/c1-5-8-19-17-21(27(40,28(30,31)32)29(33,34)35)11-14-23(19)41-16-7-6-15-37-24(38)26(4,36-25(37)39)20-9-12-22(13-10-20)42-18(2)3/h6-7,9-14,17-18,40H,5,8,15-16H2,1-4H3,(H,36,39)/b7-6-. The Morgan fingerprint density at radius 2 is 1.62 bits per heavy atom. The van der Waals surface area contributed by atoms with Crippen LogP contribution in [0.15, 0.2) is 54.6 Å². The molecule has 1 fully saturated rings. The molecule has 42 heavy (non-hydrogen) atoms. The van der Waals surface area contributed by atoms with Gasteiger partial charge in [0.1, 0.15) is 23.6 Å². The van der Waals surface area contributed by atoms with Crippen LogP contribution in [0.25, 0.3) is 0 Å². The van der Waals surface area contributed by atoms with Crippen molar-refractivity contribution < 1.29 is 50.5 Å². The summed E-state index contributed by atoms with van der Waals surface area (Å²) in [5, 5.41) is 12.4. The number of carbonyl (C=O) groups is 2. The van der Waals surface area contributed by atoms with Gasteiger partial charge in [-0.15, -0.1) is 0 Å². The molecule has 230 valence electrons. The molecule has 0 aliphatic carbocycles. The first-order valence-electron chi connectivity index (χ1n) is 13.1. The summed E-state index contributed by atoms with van der Waals surface area (Å²) < 4.78 is 91.0. The van der Waals surface area contributed by atoms with Crippen molar-refractivity contribution in [3.8, 4) is 11.5 Å². The number of hydrogen-bond donors (Lipinski definition) is 2. The molecule has 1 aliphatic rings. The van der Waals surface area contributed by atoms with E-state index in [1.54, 1.807) is 38.1 Å². The lowest BCUT2D eigenvalue weighted by Crippen LogP contribution is -2.53. The highest BCUT2D eigenvalue weighted by Gasteiger charge is 2.71. The van der Waals surface area contributed by atoms with Crippen LogP contribution in [0.5, 0.6) is 11.5 Å². The largest absolute Gasteiger partial charge is 0.491 e. The van der Waals surface area contributed by atoms with Gasteiger partial charge in [0.15, 0.2) is 0 Å². The fourth-order valence-electron chi connectivity index (χ4n) is 4.48. The predicted molar refractivity (Wildman–Crippen MR) is 141 cm³/mol. The third-order valence-corrected chi connectivity index (χ3v) is 6.69. The van der Waals surface area contributed by atoms with Crippen molar-refractivity contribution in [2.24, 2.45) is 0 Å². The van der Waals surface area contributed by atoms with Gasteiger partial charge >= 0.3 is 18.4 Å². The Morgan fingerprint density at radius 3 is 2.17 bits per heavy atom. The number of urea groups is 1. The summed E-state index contributed by atoms with van der Waals surface area (Å²) >= 11 is 0. The number of nitrogens with one attached hydrogen (secondary N) is 1. The van der Waals surface area contributed by atoms with E-state index < -0.39 is 41.0 Å². The highest BCUT2D eigenvalue weighted by atomic mass is 19.4. The predicted octanol–water partition coefficient (Wildman–Crippen LogP) is 6.14. The van der Waals surface area contributed by atoms with E-state index in [-0.39, 0.29) is 37.0 Å². The quantitative estimate of drug-likeness (QED) is 0.183. The summed E-state index contributed by atoms with van der Waals surface area (Å²) in [6.07, 6.45) is -8.63. The van der Waals surface area contributed by atoms with Crippen LogP contribution in [-0.2, 0) is 22.4 Å². The lowest BCUT2D eigenvalue weighted by Gasteiger charge is -2.33. The number of halogens is 6. The van der Waals surface area contributed by atoms with E-state index in [1.807, 2.05) is 13.8 Å². The number of benzene rings is 2. The smallest absolute Gasteiger partial charge is 0.430 e. The van der Waals surface area contributed by atoms with Crippen LogP contribution in [0.3, 0.4) is 0 Å². The topological polar surface area (TPSA) is 88.1 Å². The van der Waals surface area contributed by atoms with E-state index in [0.29, 0.717) is 29.9 Å². The van der Waals surface area contributed by atoms with Gasteiger partial charge in [0.05, 0.1) is 6.10 Å². The second-order valence-corrected chi connectivity index (χ2v) is 10.2. The summed E-state index contributed by atoms with van der Waals surface area (Å²) in [5.74, 6) is 0.157. The van der Waals surface area contributed by atoms with Gasteiger partial charge in [-0.2, -0.15) is 26.3 Å². The van der Waals surface area contributed by atoms with E-state index in [1.165, 1.54) is 12.2 Å². The zero-order valence-corrected chi connectivity index (χ0v) is 23.4. The Bertz CT molecular complexity index is 1290. The Balaban J connectivity index is 1.68.